The molecule has 1 aliphatic heterocycles. The molecule has 10 nitrogen and oxygen atoms in total. The van der Waals surface area contributed by atoms with Crippen LogP contribution in [0.1, 0.15) is 23.5 Å². The highest BCUT2D eigenvalue weighted by Gasteiger charge is 2.46. The van der Waals surface area contributed by atoms with E-state index in [4.69, 9.17) is 18.7 Å². The second kappa shape index (κ2) is 7.66. The molecular formula is C23H22N4O6S. The van der Waals surface area contributed by atoms with E-state index in [-0.39, 0.29) is 16.5 Å². The quantitative estimate of drug-likeness (QED) is 0.426. The second-order valence-electron chi connectivity index (χ2n) is 8.44. The van der Waals surface area contributed by atoms with Crippen molar-refractivity contribution in [1.29, 1.82) is 0 Å². The largest absolute Gasteiger partial charge is 0.496 e. The zero-order valence-corrected chi connectivity index (χ0v) is 19.3. The molecule has 1 aliphatic carbocycles. The molecule has 0 saturated heterocycles. The van der Waals surface area contributed by atoms with Gasteiger partial charge in [-0.3, -0.25) is 9.40 Å². The third-order valence-corrected chi connectivity index (χ3v) is 7.70. The molecule has 34 heavy (non-hydrogen) atoms. The molecule has 11 heteroatoms. The number of ether oxygens (including phenoxy) is 3. The van der Waals surface area contributed by atoms with E-state index in [0.717, 1.165) is 17.5 Å². The summed E-state index contributed by atoms with van der Waals surface area (Å²) in [5.41, 5.74) is 2.14. The van der Waals surface area contributed by atoms with Gasteiger partial charge in [-0.2, -0.15) is 5.10 Å². The summed E-state index contributed by atoms with van der Waals surface area (Å²) in [4.78, 5) is -0.0386. The first-order valence-electron chi connectivity index (χ1n) is 10.8. The Hall–Kier alpha value is -3.73. The van der Waals surface area contributed by atoms with Gasteiger partial charge >= 0.3 is 0 Å². The maximum Gasteiger partial charge on any atom is 0.270 e. The maximum absolute atomic E-state index is 13.6. The zero-order valence-electron chi connectivity index (χ0n) is 18.5. The first-order valence-corrected chi connectivity index (χ1v) is 12.3. The molecule has 4 aromatic rings. The summed E-state index contributed by atoms with van der Waals surface area (Å²) >= 11 is 0. The monoisotopic (exact) mass is 482 g/mol. The lowest BCUT2D eigenvalue weighted by atomic mass is 10.1. The number of rotatable bonds is 7. The van der Waals surface area contributed by atoms with Crippen LogP contribution in [0.5, 0.6) is 17.2 Å². The number of aromatic nitrogens is 3. The van der Waals surface area contributed by atoms with Gasteiger partial charge in [0.25, 0.3) is 10.0 Å². The predicted molar refractivity (Wildman–Crippen MR) is 122 cm³/mol. The van der Waals surface area contributed by atoms with Crippen LogP contribution in [0, 0.1) is 5.92 Å². The molecule has 2 aliphatic rings. The Morgan fingerprint density at radius 2 is 2.06 bits per heavy atom. The molecule has 0 bridgehead atoms. The van der Waals surface area contributed by atoms with Crippen LogP contribution in [0.25, 0.3) is 11.0 Å². The van der Waals surface area contributed by atoms with Gasteiger partial charge in [0, 0.05) is 18.3 Å². The maximum atomic E-state index is 13.6. The lowest BCUT2D eigenvalue weighted by Gasteiger charge is -2.21. The second-order valence-corrected chi connectivity index (χ2v) is 10.1. The fourth-order valence-corrected chi connectivity index (χ4v) is 5.92. The highest BCUT2D eigenvalue weighted by atomic mass is 32.2. The van der Waals surface area contributed by atoms with E-state index in [1.807, 2.05) is 18.3 Å². The Morgan fingerprint density at radius 1 is 1.21 bits per heavy atom. The minimum atomic E-state index is -4.13. The molecule has 6 rings (SSSR count). The van der Waals surface area contributed by atoms with Crippen molar-refractivity contribution >= 4 is 26.8 Å². The van der Waals surface area contributed by atoms with E-state index in [0.29, 0.717) is 47.5 Å². The molecule has 0 amide bonds. The van der Waals surface area contributed by atoms with Gasteiger partial charge in [-0.05, 0) is 47.7 Å². The topological polar surface area (TPSA) is 118 Å². The van der Waals surface area contributed by atoms with Crippen LogP contribution in [0.4, 0.5) is 5.82 Å². The third kappa shape index (κ3) is 3.35. The van der Waals surface area contributed by atoms with Crippen molar-refractivity contribution < 1.29 is 27.2 Å². The molecule has 2 atom stereocenters. The SMILES string of the molecule is COc1ccc2c(c1S(=O)(=O)Nc1noc3cc(Cn4cccn4)cc(OC)c13)OC[C@@H]1C[C@H]21. The Bertz CT molecular complexity index is 1500. The van der Waals surface area contributed by atoms with Crippen LogP contribution in [0.2, 0.25) is 0 Å². The van der Waals surface area contributed by atoms with Crippen LogP contribution in [0.15, 0.2) is 52.1 Å². The number of nitrogens with zero attached hydrogens (tertiary/aromatic N) is 3. The van der Waals surface area contributed by atoms with Crippen LogP contribution >= 0.6 is 0 Å². The Balaban J connectivity index is 1.40. The lowest BCUT2D eigenvalue weighted by Crippen LogP contribution is -2.19. The van der Waals surface area contributed by atoms with Crippen molar-refractivity contribution in [2.75, 3.05) is 25.5 Å². The molecule has 176 valence electrons. The summed E-state index contributed by atoms with van der Waals surface area (Å²) in [6.45, 7) is 0.987. The molecule has 1 N–H and O–H groups in total. The smallest absolute Gasteiger partial charge is 0.270 e. The molecule has 0 spiro atoms. The van der Waals surface area contributed by atoms with E-state index in [1.165, 1.54) is 14.2 Å². The van der Waals surface area contributed by atoms with Gasteiger partial charge in [-0.1, -0.05) is 11.2 Å². The highest BCUT2D eigenvalue weighted by Crippen LogP contribution is 2.56. The van der Waals surface area contributed by atoms with Crippen molar-refractivity contribution in [2.45, 2.75) is 23.8 Å². The summed E-state index contributed by atoms with van der Waals surface area (Å²) < 4.78 is 53.8. The standard InChI is InChI=1S/C23H22N4O6S/c1-30-17-5-4-15-16-10-14(16)12-32-21(15)22(17)34(28,29)26-23-20-18(31-2)8-13(9-19(20)33-25-23)11-27-7-3-6-24-27/h3-9,14,16H,10-12H2,1-2H3,(H,25,26)/t14-,16-/m0/s1. The van der Waals surface area contributed by atoms with E-state index in [9.17, 15) is 8.42 Å². The fraction of sp³-hybridized carbons (Fsp3) is 0.304. The van der Waals surface area contributed by atoms with Crippen LogP contribution in [-0.2, 0) is 16.6 Å². The van der Waals surface area contributed by atoms with Gasteiger partial charge in [0.2, 0.25) is 0 Å². The summed E-state index contributed by atoms with van der Waals surface area (Å²) in [7, 11) is -1.19. The van der Waals surface area contributed by atoms with E-state index in [2.05, 4.69) is 15.0 Å². The third-order valence-electron chi connectivity index (χ3n) is 6.31. The minimum absolute atomic E-state index is 0.0252. The average molecular weight is 483 g/mol. The molecular weight excluding hydrogens is 460 g/mol. The van der Waals surface area contributed by atoms with Crippen molar-refractivity contribution in [2.24, 2.45) is 5.92 Å². The molecule has 1 fully saturated rings. The van der Waals surface area contributed by atoms with Crippen molar-refractivity contribution in [3.8, 4) is 17.2 Å². The van der Waals surface area contributed by atoms with Gasteiger partial charge in [0.05, 0.1) is 27.4 Å². The number of sulfonamides is 1. The highest BCUT2D eigenvalue weighted by molar-refractivity contribution is 7.93. The van der Waals surface area contributed by atoms with Crippen molar-refractivity contribution in [3.63, 3.8) is 0 Å². The number of nitrogens with one attached hydrogen (secondary N) is 1. The summed E-state index contributed by atoms with van der Waals surface area (Å²) in [5, 5.41) is 8.62. The Labute approximate surface area is 195 Å². The number of fused-ring (bicyclic) bond motifs is 4. The molecule has 2 aromatic carbocycles. The number of hydrogen-bond donors (Lipinski definition) is 1. The Kier molecular flexibility index (Phi) is 4.70. The lowest BCUT2D eigenvalue weighted by molar-refractivity contribution is 0.267. The average Bonchev–Trinajstić information content (AvgIpc) is 3.28. The van der Waals surface area contributed by atoms with Crippen LogP contribution < -0.4 is 18.9 Å². The minimum Gasteiger partial charge on any atom is -0.496 e. The zero-order chi connectivity index (χ0) is 23.4. The molecule has 2 aromatic heterocycles. The van der Waals surface area contributed by atoms with Gasteiger partial charge in [-0.25, -0.2) is 8.42 Å². The number of methoxy groups -OCH3 is 2. The number of benzene rings is 2. The van der Waals surface area contributed by atoms with Gasteiger partial charge in [0.15, 0.2) is 16.3 Å². The summed E-state index contributed by atoms with van der Waals surface area (Å²) in [5.74, 6) is 1.77. The van der Waals surface area contributed by atoms with Gasteiger partial charge in [0.1, 0.15) is 22.6 Å². The molecule has 0 unspecified atom stereocenters. The number of hydrogen-bond acceptors (Lipinski definition) is 8. The van der Waals surface area contributed by atoms with Gasteiger partial charge < -0.3 is 18.7 Å². The molecule has 3 heterocycles. The van der Waals surface area contributed by atoms with Crippen molar-refractivity contribution in [3.05, 3.63) is 53.9 Å². The van der Waals surface area contributed by atoms with Gasteiger partial charge in [-0.15, -0.1) is 0 Å². The summed E-state index contributed by atoms with van der Waals surface area (Å²) in [6.07, 6.45) is 4.54. The molecule has 0 radical (unpaired) electrons. The van der Waals surface area contributed by atoms with Crippen LogP contribution in [0.3, 0.4) is 0 Å². The summed E-state index contributed by atoms with van der Waals surface area (Å²) in [6, 6.07) is 8.97. The van der Waals surface area contributed by atoms with E-state index >= 15 is 0 Å². The fourth-order valence-electron chi connectivity index (χ4n) is 4.59. The van der Waals surface area contributed by atoms with Crippen molar-refractivity contribution in [1.82, 2.24) is 14.9 Å². The normalized spacial score (nSPS) is 18.6. The predicted octanol–water partition coefficient (Wildman–Crippen LogP) is 3.39. The van der Waals surface area contributed by atoms with E-state index in [1.54, 1.807) is 29.1 Å². The van der Waals surface area contributed by atoms with E-state index < -0.39 is 10.0 Å². The first-order chi connectivity index (χ1) is 16.5. The first kappa shape index (κ1) is 20.8. The Morgan fingerprint density at radius 3 is 2.82 bits per heavy atom. The van der Waals surface area contributed by atoms with Crippen LogP contribution in [-0.4, -0.2) is 44.2 Å². The molecule has 1 saturated carbocycles. The number of anilines is 1.